The molecular weight excluding hydrogens is 364 g/mol. The normalized spacial score (nSPS) is 20.3. The summed E-state index contributed by atoms with van der Waals surface area (Å²) < 4.78 is 5.96. The number of phenolic OH excluding ortho intramolecular Hbond substituents is 1. The summed E-state index contributed by atoms with van der Waals surface area (Å²) >= 11 is 3.48. The van der Waals surface area contributed by atoms with Crippen molar-refractivity contribution in [2.75, 3.05) is 20.2 Å². The van der Waals surface area contributed by atoms with E-state index in [2.05, 4.69) is 21.2 Å². The molecule has 1 saturated carbocycles. The van der Waals surface area contributed by atoms with Crippen LogP contribution < -0.4 is 10.1 Å². The maximum atomic E-state index is 10.8. The molecule has 0 amide bonds. The molecule has 1 aromatic carbocycles. The van der Waals surface area contributed by atoms with Gasteiger partial charge in [-0.05, 0) is 37.1 Å². The van der Waals surface area contributed by atoms with Crippen molar-refractivity contribution >= 4 is 21.9 Å². The van der Waals surface area contributed by atoms with Crippen molar-refractivity contribution in [3.8, 4) is 11.5 Å². The third-order valence-electron chi connectivity index (χ3n) is 4.30. The Morgan fingerprint density at radius 1 is 1.48 bits per heavy atom. The van der Waals surface area contributed by atoms with Crippen LogP contribution in [0.3, 0.4) is 0 Å². The number of hydrogen-bond acceptors (Lipinski definition) is 5. The summed E-state index contributed by atoms with van der Waals surface area (Å²) in [6.45, 7) is 3.48. The summed E-state index contributed by atoms with van der Waals surface area (Å²) in [7, 11) is 1.52. The van der Waals surface area contributed by atoms with Gasteiger partial charge in [-0.1, -0.05) is 22.9 Å². The fourth-order valence-corrected chi connectivity index (χ4v) is 3.33. The van der Waals surface area contributed by atoms with E-state index in [9.17, 15) is 9.90 Å². The Balaban J connectivity index is 1.83. The molecule has 1 fully saturated rings. The molecule has 7 heteroatoms. The Morgan fingerprint density at radius 3 is 2.74 bits per heavy atom. The third kappa shape index (κ3) is 4.59. The Kier molecular flexibility index (Phi) is 6.26. The number of likely N-dealkylation sites (N-methyl/N-ethyl adjacent to an activating group) is 1. The molecule has 0 atom stereocenters. The van der Waals surface area contributed by atoms with E-state index in [-0.39, 0.29) is 12.3 Å². The first-order valence-corrected chi connectivity index (χ1v) is 8.48. The fraction of sp³-hybridized carbons (Fsp3) is 0.562. The first-order valence-electron chi connectivity index (χ1n) is 7.69. The van der Waals surface area contributed by atoms with Crippen molar-refractivity contribution < 1.29 is 19.7 Å². The molecule has 1 aliphatic rings. The highest BCUT2D eigenvalue weighted by atomic mass is 79.9. The molecule has 23 heavy (non-hydrogen) atoms. The molecule has 0 aromatic heterocycles. The predicted octanol–water partition coefficient (Wildman–Crippen LogP) is 2.19. The molecule has 3 N–H and O–H groups in total. The molecular formula is C16H23BrN2O4. The Morgan fingerprint density at radius 2 is 2.17 bits per heavy atom. The number of methoxy groups -OCH3 is 1. The van der Waals surface area contributed by atoms with Crippen LogP contribution in [0, 0.1) is 0 Å². The Labute approximate surface area is 144 Å². The summed E-state index contributed by atoms with van der Waals surface area (Å²) in [6, 6.07) is 4.15. The molecule has 1 aromatic rings. The molecule has 0 spiro atoms. The molecule has 0 unspecified atom stereocenters. The monoisotopic (exact) mass is 386 g/mol. The van der Waals surface area contributed by atoms with Crippen LogP contribution in [0.1, 0.15) is 25.3 Å². The van der Waals surface area contributed by atoms with Gasteiger partial charge in [-0.25, -0.2) is 0 Å². The van der Waals surface area contributed by atoms with Gasteiger partial charge in [0.25, 0.3) is 0 Å². The Bertz CT molecular complexity index is 561. The van der Waals surface area contributed by atoms with E-state index >= 15 is 0 Å². The van der Waals surface area contributed by atoms with Gasteiger partial charge in [0.1, 0.15) is 0 Å². The van der Waals surface area contributed by atoms with E-state index in [1.165, 1.54) is 7.11 Å². The zero-order valence-corrected chi connectivity index (χ0v) is 15.0. The lowest BCUT2D eigenvalue weighted by molar-refractivity contribution is -0.139. The van der Waals surface area contributed by atoms with Crippen LogP contribution in [0.25, 0.3) is 0 Å². The van der Waals surface area contributed by atoms with Crippen molar-refractivity contribution in [1.29, 1.82) is 0 Å². The first-order chi connectivity index (χ1) is 10.9. The van der Waals surface area contributed by atoms with E-state index in [0.717, 1.165) is 29.4 Å². The van der Waals surface area contributed by atoms with Gasteiger partial charge in [0.15, 0.2) is 11.5 Å². The minimum absolute atomic E-state index is 0.103. The van der Waals surface area contributed by atoms with Gasteiger partial charge < -0.3 is 20.3 Å². The molecule has 6 nitrogen and oxygen atoms in total. The zero-order chi connectivity index (χ0) is 17.0. The van der Waals surface area contributed by atoms with E-state index in [1.54, 1.807) is 12.1 Å². The SMILES string of the molecule is CCN(CC(=O)O)C1CC(NCc2cc(O)c(OC)cc2Br)C1. The van der Waals surface area contributed by atoms with Crippen LogP contribution in [0.4, 0.5) is 0 Å². The number of carbonyl (C=O) groups is 1. The quantitative estimate of drug-likeness (QED) is 0.635. The first kappa shape index (κ1) is 18.0. The van der Waals surface area contributed by atoms with Crippen molar-refractivity contribution in [2.45, 2.75) is 38.4 Å². The number of phenols is 1. The second kappa shape index (κ2) is 7.99. The van der Waals surface area contributed by atoms with Gasteiger partial charge in [0.2, 0.25) is 0 Å². The molecule has 1 aliphatic carbocycles. The number of nitrogens with zero attached hydrogens (tertiary/aromatic N) is 1. The van der Waals surface area contributed by atoms with Crippen molar-refractivity contribution in [3.05, 3.63) is 22.2 Å². The average molecular weight is 387 g/mol. The van der Waals surface area contributed by atoms with Crippen LogP contribution >= 0.6 is 15.9 Å². The highest BCUT2D eigenvalue weighted by Gasteiger charge is 2.33. The minimum atomic E-state index is -0.777. The summed E-state index contributed by atoms with van der Waals surface area (Å²) in [5.41, 5.74) is 0.963. The van der Waals surface area contributed by atoms with Gasteiger partial charge in [0, 0.05) is 23.1 Å². The second-order valence-corrected chi connectivity index (χ2v) is 6.63. The van der Waals surface area contributed by atoms with Crippen LogP contribution in [0.15, 0.2) is 16.6 Å². The van der Waals surface area contributed by atoms with E-state index in [4.69, 9.17) is 9.84 Å². The van der Waals surface area contributed by atoms with Crippen LogP contribution in [0.5, 0.6) is 11.5 Å². The summed E-state index contributed by atoms with van der Waals surface area (Å²) in [4.78, 5) is 12.8. The van der Waals surface area contributed by atoms with Crippen molar-refractivity contribution in [1.82, 2.24) is 10.2 Å². The number of rotatable bonds is 8. The molecule has 2 rings (SSSR count). The number of halogens is 1. The highest BCUT2D eigenvalue weighted by molar-refractivity contribution is 9.10. The van der Waals surface area contributed by atoms with Gasteiger partial charge >= 0.3 is 5.97 Å². The lowest BCUT2D eigenvalue weighted by atomic mass is 9.85. The smallest absolute Gasteiger partial charge is 0.317 e. The largest absolute Gasteiger partial charge is 0.504 e. The number of carboxylic acid groups (broad SMARTS) is 1. The summed E-state index contributed by atoms with van der Waals surface area (Å²) in [5.74, 6) is -0.213. The summed E-state index contributed by atoms with van der Waals surface area (Å²) in [5, 5.41) is 22.2. The van der Waals surface area contributed by atoms with E-state index < -0.39 is 5.97 Å². The zero-order valence-electron chi connectivity index (χ0n) is 13.4. The molecule has 0 bridgehead atoms. The number of nitrogens with one attached hydrogen (secondary N) is 1. The topological polar surface area (TPSA) is 82.0 Å². The number of hydrogen-bond donors (Lipinski definition) is 3. The van der Waals surface area contributed by atoms with Crippen molar-refractivity contribution in [2.24, 2.45) is 0 Å². The van der Waals surface area contributed by atoms with E-state index in [1.807, 2.05) is 11.8 Å². The number of carboxylic acids is 1. The summed E-state index contributed by atoms with van der Waals surface area (Å²) in [6.07, 6.45) is 1.89. The molecule has 128 valence electrons. The standard InChI is InChI=1S/C16H23BrN2O4/c1-3-19(9-16(21)22)12-5-11(6-12)18-8-10-4-14(20)15(23-2)7-13(10)17/h4,7,11-12,18,20H,3,5-6,8-9H2,1-2H3,(H,21,22). The third-order valence-corrected chi connectivity index (χ3v) is 5.04. The minimum Gasteiger partial charge on any atom is -0.504 e. The highest BCUT2D eigenvalue weighted by Crippen LogP contribution is 2.33. The number of ether oxygens (including phenoxy) is 1. The van der Waals surface area contributed by atoms with E-state index in [0.29, 0.717) is 24.4 Å². The lowest BCUT2D eigenvalue weighted by Crippen LogP contribution is -2.53. The maximum Gasteiger partial charge on any atom is 0.317 e. The number of benzene rings is 1. The molecule has 0 aliphatic heterocycles. The lowest BCUT2D eigenvalue weighted by Gasteiger charge is -2.42. The van der Waals surface area contributed by atoms with Crippen molar-refractivity contribution in [3.63, 3.8) is 0 Å². The van der Waals surface area contributed by atoms with Crippen LogP contribution in [-0.2, 0) is 11.3 Å². The van der Waals surface area contributed by atoms with Gasteiger partial charge in [0.05, 0.1) is 13.7 Å². The number of aromatic hydroxyl groups is 1. The average Bonchev–Trinajstić information content (AvgIpc) is 2.46. The molecule has 0 radical (unpaired) electrons. The van der Waals surface area contributed by atoms with Gasteiger partial charge in [-0.15, -0.1) is 0 Å². The fourth-order valence-electron chi connectivity index (χ4n) is 2.87. The molecule has 0 saturated heterocycles. The van der Waals surface area contributed by atoms with Gasteiger partial charge in [-0.3, -0.25) is 9.69 Å². The maximum absolute atomic E-state index is 10.8. The number of aliphatic carboxylic acids is 1. The van der Waals surface area contributed by atoms with Crippen LogP contribution in [0.2, 0.25) is 0 Å². The van der Waals surface area contributed by atoms with Crippen LogP contribution in [-0.4, -0.2) is 53.4 Å². The van der Waals surface area contributed by atoms with Gasteiger partial charge in [-0.2, -0.15) is 0 Å². The Hall–Kier alpha value is -1.31. The second-order valence-electron chi connectivity index (χ2n) is 5.78. The molecule has 0 heterocycles. The predicted molar refractivity (Wildman–Crippen MR) is 90.9 cm³/mol.